The Morgan fingerprint density at radius 1 is 1.50 bits per heavy atom. The van der Waals surface area contributed by atoms with E-state index >= 15 is 0 Å². The molecule has 1 fully saturated rings. The molecular formula is C9H16N2O6S. The molecule has 0 saturated carbocycles. The second kappa shape index (κ2) is 5.53. The molecule has 1 heterocycles. The monoisotopic (exact) mass is 280 g/mol. The number of carbonyl (C=O) groups is 2. The van der Waals surface area contributed by atoms with Gasteiger partial charge in [-0.25, -0.2) is 9.52 Å². The number of aliphatic carboxylic acids is 1. The molecule has 1 amide bonds. The second-order valence-corrected chi connectivity index (χ2v) is 5.61. The van der Waals surface area contributed by atoms with Crippen LogP contribution in [0.25, 0.3) is 0 Å². The number of carboxylic acid groups (broad SMARTS) is 1. The molecule has 0 aromatic rings. The van der Waals surface area contributed by atoms with Crippen molar-refractivity contribution in [2.45, 2.75) is 26.3 Å². The largest absolute Gasteiger partial charge is 0.480 e. The summed E-state index contributed by atoms with van der Waals surface area (Å²) < 4.78 is 30.6. The van der Waals surface area contributed by atoms with Crippen molar-refractivity contribution in [2.24, 2.45) is 5.92 Å². The zero-order valence-corrected chi connectivity index (χ0v) is 10.9. The van der Waals surface area contributed by atoms with Crippen molar-refractivity contribution in [1.82, 2.24) is 9.03 Å². The molecule has 0 aliphatic carbocycles. The van der Waals surface area contributed by atoms with Gasteiger partial charge < -0.3 is 9.84 Å². The molecule has 0 radical (unpaired) electrons. The first-order chi connectivity index (χ1) is 8.29. The van der Waals surface area contributed by atoms with Gasteiger partial charge in [-0.3, -0.25) is 4.79 Å². The van der Waals surface area contributed by atoms with E-state index in [1.165, 1.54) is 6.92 Å². The third-order valence-corrected chi connectivity index (χ3v) is 4.16. The van der Waals surface area contributed by atoms with Gasteiger partial charge in [-0.2, -0.15) is 12.7 Å². The van der Waals surface area contributed by atoms with Crippen molar-refractivity contribution in [3.05, 3.63) is 0 Å². The minimum absolute atomic E-state index is 0.0279. The predicted octanol–water partition coefficient (Wildman–Crippen LogP) is -0.228. The SMILES string of the molecule is CCOC(=O)NS(=O)(=O)N1CCC(C)C1C(=O)O. The van der Waals surface area contributed by atoms with Crippen LogP contribution >= 0.6 is 0 Å². The Bertz CT molecular complexity index is 434. The van der Waals surface area contributed by atoms with E-state index in [1.54, 1.807) is 11.6 Å². The van der Waals surface area contributed by atoms with Crippen molar-refractivity contribution in [3.8, 4) is 0 Å². The van der Waals surface area contributed by atoms with Gasteiger partial charge in [0, 0.05) is 6.54 Å². The standard InChI is InChI=1S/C9H16N2O6S/c1-3-17-9(14)10-18(15,16)11-5-4-6(2)7(11)8(12)13/h6-7H,3-5H2,1-2H3,(H,10,14)(H,12,13). The topological polar surface area (TPSA) is 113 Å². The van der Waals surface area contributed by atoms with Gasteiger partial charge >= 0.3 is 22.3 Å². The normalized spacial score (nSPS) is 24.8. The fourth-order valence-corrected chi connectivity index (χ4v) is 3.20. The Hall–Kier alpha value is -1.35. The molecule has 104 valence electrons. The van der Waals surface area contributed by atoms with Crippen molar-refractivity contribution in [2.75, 3.05) is 13.2 Å². The van der Waals surface area contributed by atoms with Crippen LogP contribution in [0, 0.1) is 5.92 Å². The minimum atomic E-state index is -4.18. The lowest BCUT2D eigenvalue weighted by atomic mass is 10.0. The van der Waals surface area contributed by atoms with Crippen molar-refractivity contribution >= 4 is 22.3 Å². The van der Waals surface area contributed by atoms with E-state index in [0.29, 0.717) is 6.42 Å². The first kappa shape index (κ1) is 14.7. The fourth-order valence-electron chi connectivity index (χ4n) is 1.87. The van der Waals surface area contributed by atoms with Crippen LogP contribution in [0.15, 0.2) is 0 Å². The van der Waals surface area contributed by atoms with Gasteiger partial charge in [0.1, 0.15) is 6.04 Å². The van der Waals surface area contributed by atoms with Crippen LogP contribution in [0.2, 0.25) is 0 Å². The van der Waals surface area contributed by atoms with E-state index in [9.17, 15) is 18.0 Å². The number of rotatable bonds is 4. The van der Waals surface area contributed by atoms with Gasteiger partial charge in [0.25, 0.3) is 0 Å². The molecule has 18 heavy (non-hydrogen) atoms. The maximum Gasteiger partial charge on any atom is 0.421 e. The molecule has 1 rings (SSSR count). The molecule has 2 N–H and O–H groups in total. The fraction of sp³-hybridized carbons (Fsp3) is 0.778. The average Bonchev–Trinajstić information content (AvgIpc) is 2.60. The van der Waals surface area contributed by atoms with Gasteiger partial charge in [0.15, 0.2) is 0 Å². The van der Waals surface area contributed by atoms with Crippen LogP contribution in [-0.2, 0) is 19.7 Å². The summed E-state index contributed by atoms with van der Waals surface area (Å²) in [5.74, 6) is -1.53. The second-order valence-electron chi connectivity index (χ2n) is 3.99. The molecule has 1 aliphatic rings. The first-order valence-corrected chi connectivity index (χ1v) is 6.92. The van der Waals surface area contributed by atoms with Crippen molar-refractivity contribution in [1.29, 1.82) is 0 Å². The van der Waals surface area contributed by atoms with Crippen LogP contribution in [0.3, 0.4) is 0 Å². The third kappa shape index (κ3) is 3.10. The number of carbonyl (C=O) groups excluding carboxylic acids is 1. The van der Waals surface area contributed by atoms with E-state index in [0.717, 1.165) is 4.31 Å². The number of nitrogens with one attached hydrogen (secondary N) is 1. The summed E-state index contributed by atoms with van der Waals surface area (Å²) in [5, 5.41) is 9.00. The zero-order valence-electron chi connectivity index (χ0n) is 10.1. The number of carboxylic acids is 1. The van der Waals surface area contributed by atoms with Gasteiger partial charge in [-0.05, 0) is 19.3 Å². The molecule has 2 atom stereocenters. The Labute approximate surface area is 105 Å². The molecule has 0 aromatic heterocycles. The molecule has 0 spiro atoms. The maximum atomic E-state index is 11.8. The highest BCUT2D eigenvalue weighted by atomic mass is 32.2. The Kier molecular flexibility index (Phi) is 4.52. The number of nitrogens with zero attached hydrogens (tertiary/aromatic N) is 1. The van der Waals surface area contributed by atoms with Crippen LogP contribution in [0.5, 0.6) is 0 Å². The average molecular weight is 280 g/mol. The van der Waals surface area contributed by atoms with E-state index in [2.05, 4.69) is 4.74 Å². The molecule has 0 bridgehead atoms. The van der Waals surface area contributed by atoms with E-state index in [4.69, 9.17) is 5.11 Å². The smallest absolute Gasteiger partial charge is 0.421 e. The minimum Gasteiger partial charge on any atom is -0.480 e. The maximum absolute atomic E-state index is 11.8. The Morgan fingerprint density at radius 2 is 2.11 bits per heavy atom. The quantitative estimate of drug-likeness (QED) is 0.735. The van der Waals surface area contributed by atoms with E-state index in [1.807, 2.05) is 0 Å². The lowest BCUT2D eigenvalue weighted by Crippen LogP contribution is -2.49. The number of amides is 1. The summed E-state index contributed by atoms with van der Waals surface area (Å²) in [6.07, 6.45) is -0.679. The van der Waals surface area contributed by atoms with E-state index < -0.39 is 28.3 Å². The first-order valence-electron chi connectivity index (χ1n) is 5.48. The Balaban J connectivity index is 2.85. The van der Waals surface area contributed by atoms with Gasteiger partial charge in [-0.1, -0.05) is 6.92 Å². The molecule has 0 aromatic carbocycles. The van der Waals surface area contributed by atoms with Gasteiger partial charge in [-0.15, -0.1) is 0 Å². The summed E-state index contributed by atoms with van der Waals surface area (Å²) in [4.78, 5) is 22.1. The molecule has 9 heteroatoms. The van der Waals surface area contributed by atoms with Crippen molar-refractivity contribution in [3.63, 3.8) is 0 Å². The lowest BCUT2D eigenvalue weighted by molar-refractivity contribution is -0.141. The number of hydrogen-bond acceptors (Lipinski definition) is 5. The summed E-state index contributed by atoms with van der Waals surface area (Å²) in [7, 11) is -4.18. The lowest BCUT2D eigenvalue weighted by Gasteiger charge is -2.22. The summed E-state index contributed by atoms with van der Waals surface area (Å²) in [6.45, 7) is 3.27. The van der Waals surface area contributed by atoms with E-state index in [-0.39, 0.29) is 19.1 Å². The number of ether oxygens (including phenoxy) is 1. The highest BCUT2D eigenvalue weighted by molar-refractivity contribution is 7.87. The van der Waals surface area contributed by atoms with Gasteiger partial charge in [0.05, 0.1) is 6.61 Å². The van der Waals surface area contributed by atoms with Crippen LogP contribution in [0.4, 0.5) is 4.79 Å². The molecule has 1 saturated heterocycles. The summed E-state index contributed by atoms with van der Waals surface area (Å²) in [6, 6.07) is -1.16. The molecule has 8 nitrogen and oxygen atoms in total. The van der Waals surface area contributed by atoms with Gasteiger partial charge in [0.2, 0.25) is 0 Å². The highest BCUT2D eigenvalue weighted by Crippen LogP contribution is 2.26. The molecular weight excluding hydrogens is 264 g/mol. The van der Waals surface area contributed by atoms with Crippen LogP contribution in [-0.4, -0.2) is 49.1 Å². The summed E-state index contributed by atoms with van der Waals surface area (Å²) in [5.41, 5.74) is 0. The van der Waals surface area contributed by atoms with Crippen LogP contribution in [0.1, 0.15) is 20.3 Å². The Morgan fingerprint density at radius 3 is 2.61 bits per heavy atom. The van der Waals surface area contributed by atoms with Crippen molar-refractivity contribution < 1.29 is 27.9 Å². The van der Waals surface area contributed by atoms with Crippen LogP contribution < -0.4 is 4.72 Å². The zero-order chi connectivity index (χ0) is 13.9. The summed E-state index contributed by atoms with van der Waals surface area (Å²) >= 11 is 0. The third-order valence-electron chi connectivity index (χ3n) is 2.70. The predicted molar refractivity (Wildman–Crippen MR) is 61.0 cm³/mol. The molecule has 2 unspecified atom stereocenters. The number of hydrogen-bond donors (Lipinski definition) is 2. The molecule has 1 aliphatic heterocycles. The highest BCUT2D eigenvalue weighted by Gasteiger charge is 2.44.